The lowest BCUT2D eigenvalue weighted by Gasteiger charge is -2.28. The Morgan fingerprint density at radius 1 is 1.32 bits per heavy atom. The summed E-state index contributed by atoms with van der Waals surface area (Å²) in [6.45, 7) is 4.65. The minimum atomic E-state index is 0.340. The van der Waals surface area contributed by atoms with Crippen molar-refractivity contribution in [1.29, 1.82) is 0 Å². The number of nitrogens with zero attached hydrogens (tertiary/aromatic N) is 1. The largest absolute Gasteiger partial charge is 0.399 e. The maximum absolute atomic E-state index is 5.88. The van der Waals surface area contributed by atoms with Crippen molar-refractivity contribution >= 4 is 27.2 Å². The number of benzene rings is 1. The number of rotatable bonds is 3. The summed E-state index contributed by atoms with van der Waals surface area (Å²) >= 11 is 1.86. The molecule has 3 rings (SSSR count). The molecule has 0 atom stereocenters. The normalized spacial score (nSPS) is 18.5. The SMILES string of the molecule is CC(C)CC1(c2nc3ccc(N)cc3s2)CCCC1. The first-order valence-electron chi connectivity index (χ1n) is 7.26. The van der Waals surface area contributed by atoms with Crippen molar-refractivity contribution in [2.75, 3.05) is 5.73 Å². The number of thiazole rings is 1. The molecule has 1 aromatic heterocycles. The van der Waals surface area contributed by atoms with Crippen molar-refractivity contribution in [3.8, 4) is 0 Å². The van der Waals surface area contributed by atoms with Gasteiger partial charge in [-0.05, 0) is 43.4 Å². The van der Waals surface area contributed by atoms with Crippen molar-refractivity contribution in [3.63, 3.8) is 0 Å². The highest BCUT2D eigenvalue weighted by Crippen LogP contribution is 2.47. The Balaban J connectivity index is 2.05. The van der Waals surface area contributed by atoms with Crippen LogP contribution in [0.25, 0.3) is 10.2 Å². The van der Waals surface area contributed by atoms with Gasteiger partial charge in [0.2, 0.25) is 0 Å². The minimum absolute atomic E-state index is 0.340. The summed E-state index contributed by atoms with van der Waals surface area (Å²) in [5, 5.41) is 1.35. The fourth-order valence-corrected chi connectivity index (χ4v) is 4.78. The maximum Gasteiger partial charge on any atom is 0.1000 e. The lowest BCUT2D eigenvalue weighted by molar-refractivity contribution is 0.346. The highest BCUT2D eigenvalue weighted by molar-refractivity contribution is 7.18. The standard InChI is InChI=1S/C16H22N2S/c1-11(2)10-16(7-3-4-8-16)15-18-13-6-5-12(17)9-14(13)19-15/h5-6,9,11H,3-4,7-8,10,17H2,1-2H3. The molecule has 0 radical (unpaired) electrons. The number of anilines is 1. The minimum Gasteiger partial charge on any atom is -0.399 e. The molecule has 2 nitrogen and oxygen atoms in total. The van der Waals surface area contributed by atoms with Gasteiger partial charge in [0.05, 0.1) is 15.2 Å². The maximum atomic E-state index is 5.88. The van der Waals surface area contributed by atoms with Gasteiger partial charge in [-0.1, -0.05) is 26.7 Å². The van der Waals surface area contributed by atoms with Crippen molar-refractivity contribution < 1.29 is 0 Å². The lowest BCUT2D eigenvalue weighted by Crippen LogP contribution is -2.24. The van der Waals surface area contributed by atoms with Gasteiger partial charge >= 0.3 is 0 Å². The van der Waals surface area contributed by atoms with E-state index in [1.165, 1.54) is 41.8 Å². The first kappa shape index (κ1) is 12.9. The smallest absolute Gasteiger partial charge is 0.1000 e. The second-order valence-electron chi connectivity index (χ2n) is 6.33. The fourth-order valence-electron chi connectivity index (χ4n) is 3.51. The summed E-state index contributed by atoms with van der Waals surface area (Å²) in [7, 11) is 0. The van der Waals surface area contributed by atoms with Gasteiger partial charge in [0, 0.05) is 11.1 Å². The van der Waals surface area contributed by atoms with Crippen molar-refractivity contribution in [1.82, 2.24) is 4.98 Å². The van der Waals surface area contributed by atoms with Crippen LogP contribution in [0.5, 0.6) is 0 Å². The molecule has 19 heavy (non-hydrogen) atoms. The third kappa shape index (κ3) is 2.36. The van der Waals surface area contributed by atoms with Gasteiger partial charge in [0.15, 0.2) is 0 Å². The van der Waals surface area contributed by atoms with Gasteiger partial charge in [-0.2, -0.15) is 0 Å². The lowest BCUT2D eigenvalue weighted by atomic mass is 9.79. The summed E-state index contributed by atoms with van der Waals surface area (Å²) in [5.74, 6) is 0.732. The van der Waals surface area contributed by atoms with Crippen LogP contribution in [0.2, 0.25) is 0 Å². The highest BCUT2D eigenvalue weighted by atomic mass is 32.1. The van der Waals surface area contributed by atoms with Gasteiger partial charge < -0.3 is 5.73 Å². The molecule has 0 bridgehead atoms. The molecule has 1 fully saturated rings. The molecule has 102 valence electrons. The zero-order valence-corrected chi connectivity index (χ0v) is 12.6. The van der Waals surface area contributed by atoms with E-state index in [0.717, 1.165) is 17.1 Å². The van der Waals surface area contributed by atoms with Crippen LogP contribution in [-0.2, 0) is 5.41 Å². The molecule has 1 heterocycles. The fraction of sp³-hybridized carbons (Fsp3) is 0.562. The van der Waals surface area contributed by atoms with Crippen molar-refractivity contribution in [3.05, 3.63) is 23.2 Å². The van der Waals surface area contributed by atoms with Crippen molar-refractivity contribution in [2.24, 2.45) is 5.92 Å². The molecule has 2 aromatic rings. The monoisotopic (exact) mass is 274 g/mol. The molecule has 0 spiro atoms. The third-order valence-corrected chi connectivity index (χ3v) is 5.49. The van der Waals surface area contributed by atoms with Crippen molar-refractivity contribution in [2.45, 2.75) is 51.4 Å². The zero-order chi connectivity index (χ0) is 13.5. The molecule has 2 N–H and O–H groups in total. The molecule has 1 aromatic carbocycles. The molecule has 3 heteroatoms. The predicted octanol–water partition coefficient (Wildman–Crippen LogP) is 4.74. The summed E-state index contributed by atoms with van der Waals surface area (Å²) in [4.78, 5) is 4.92. The summed E-state index contributed by atoms with van der Waals surface area (Å²) in [6.07, 6.45) is 6.58. The Morgan fingerprint density at radius 3 is 2.74 bits per heavy atom. The van der Waals surface area contributed by atoms with Crippen LogP contribution in [-0.4, -0.2) is 4.98 Å². The van der Waals surface area contributed by atoms with Gasteiger partial charge in [-0.25, -0.2) is 4.98 Å². The van der Waals surface area contributed by atoms with Crippen LogP contribution in [0.3, 0.4) is 0 Å². The zero-order valence-electron chi connectivity index (χ0n) is 11.8. The molecule has 1 saturated carbocycles. The molecular weight excluding hydrogens is 252 g/mol. The second kappa shape index (κ2) is 4.78. The van der Waals surface area contributed by atoms with Crippen LogP contribution >= 0.6 is 11.3 Å². The first-order valence-corrected chi connectivity index (χ1v) is 8.07. The number of aromatic nitrogens is 1. The Kier molecular flexibility index (Phi) is 3.25. The van der Waals surface area contributed by atoms with E-state index in [1.54, 1.807) is 0 Å². The average Bonchev–Trinajstić information content (AvgIpc) is 2.94. The van der Waals surface area contributed by atoms with Gasteiger partial charge in [0.25, 0.3) is 0 Å². The molecule has 0 amide bonds. The van der Waals surface area contributed by atoms with Crippen LogP contribution in [0.1, 0.15) is 51.0 Å². The number of fused-ring (bicyclic) bond motifs is 1. The average molecular weight is 274 g/mol. The number of nitrogen functional groups attached to an aromatic ring is 1. The topological polar surface area (TPSA) is 38.9 Å². The van der Waals surface area contributed by atoms with Gasteiger partial charge in [-0.3, -0.25) is 0 Å². The molecule has 0 saturated heterocycles. The Morgan fingerprint density at radius 2 is 2.05 bits per heavy atom. The molecule has 0 unspecified atom stereocenters. The molecule has 1 aliphatic rings. The highest BCUT2D eigenvalue weighted by Gasteiger charge is 2.38. The number of hydrogen-bond donors (Lipinski definition) is 1. The van der Waals surface area contributed by atoms with E-state index in [1.807, 2.05) is 17.4 Å². The Hall–Kier alpha value is -1.09. The van der Waals surface area contributed by atoms with Gasteiger partial charge in [0.1, 0.15) is 0 Å². The third-order valence-electron chi connectivity index (χ3n) is 4.23. The summed E-state index contributed by atoms with van der Waals surface area (Å²) in [6, 6.07) is 6.08. The van der Waals surface area contributed by atoms with E-state index >= 15 is 0 Å². The van der Waals surface area contributed by atoms with E-state index in [-0.39, 0.29) is 0 Å². The van der Waals surface area contributed by atoms with Crippen LogP contribution in [0.15, 0.2) is 18.2 Å². The van der Waals surface area contributed by atoms with Crippen LogP contribution in [0, 0.1) is 5.92 Å². The summed E-state index contributed by atoms with van der Waals surface area (Å²) < 4.78 is 1.24. The Bertz CT molecular complexity index is 579. The second-order valence-corrected chi connectivity index (χ2v) is 7.36. The van der Waals surface area contributed by atoms with E-state index < -0.39 is 0 Å². The van der Waals surface area contributed by atoms with E-state index in [4.69, 9.17) is 10.7 Å². The van der Waals surface area contributed by atoms with Crippen LogP contribution < -0.4 is 5.73 Å². The number of nitrogens with two attached hydrogens (primary N) is 1. The number of hydrogen-bond acceptors (Lipinski definition) is 3. The van der Waals surface area contributed by atoms with E-state index in [2.05, 4.69) is 26.0 Å². The predicted molar refractivity (Wildman–Crippen MR) is 83.6 cm³/mol. The first-order chi connectivity index (χ1) is 9.09. The van der Waals surface area contributed by atoms with Crippen LogP contribution in [0.4, 0.5) is 5.69 Å². The van der Waals surface area contributed by atoms with E-state index in [0.29, 0.717) is 5.41 Å². The molecule has 1 aliphatic carbocycles. The molecular formula is C16H22N2S. The molecule has 0 aliphatic heterocycles. The van der Waals surface area contributed by atoms with Gasteiger partial charge in [-0.15, -0.1) is 11.3 Å². The van der Waals surface area contributed by atoms with E-state index in [9.17, 15) is 0 Å². The summed E-state index contributed by atoms with van der Waals surface area (Å²) in [5.41, 5.74) is 8.17. The Labute approximate surface area is 119 Å². The quantitative estimate of drug-likeness (QED) is 0.821.